The fraction of sp³-hybridized carbons (Fsp3) is 0.250. The molecule has 3 aromatic heterocycles. The quantitative estimate of drug-likeness (QED) is 0.377. The van der Waals surface area contributed by atoms with Crippen LogP contribution in [0.4, 0.5) is 16.0 Å². The monoisotopic (exact) mass is 472 g/mol. The molecular formula is C24H21FN8O2. The maximum Gasteiger partial charge on any atom is 0.245 e. The van der Waals surface area contributed by atoms with Crippen LogP contribution in [0.25, 0.3) is 17.2 Å². The minimum Gasteiger partial charge on any atom is -0.383 e. The molecule has 1 fully saturated rings. The zero-order valence-electron chi connectivity index (χ0n) is 18.7. The topological polar surface area (TPSA) is 140 Å². The van der Waals surface area contributed by atoms with Gasteiger partial charge < -0.3 is 20.8 Å². The molecule has 6 rings (SSSR count). The summed E-state index contributed by atoms with van der Waals surface area (Å²) in [6.45, 7) is 1.52. The summed E-state index contributed by atoms with van der Waals surface area (Å²) < 4.78 is 16.1. The Kier molecular flexibility index (Phi) is 4.56. The number of nitrogens with two attached hydrogens (primary N) is 1. The fourth-order valence-corrected chi connectivity index (χ4v) is 4.34. The molecule has 176 valence electrons. The third-order valence-corrected chi connectivity index (χ3v) is 6.48. The van der Waals surface area contributed by atoms with Crippen LogP contribution in [0.1, 0.15) is 36.6 Å². The molecule has 1 aliphatic carbocycles. The van der Waals surface area contributed by atoms with Gasteiger partial charge in [0.25, 0.3) is 0 Å². The van der Waals surface area contributed by atoms with E-state index in [2.05, 4.69) is 30.6 Å². The number of carbonyl (C=O) groups is 2. The van der Waals surface area contributed by atoms with Crippen LogP contribution in [0.15, 0.2) is 42.9 Å². The van der Waals surface area contributed by atoms with Crippen LogP contribution in [-0.4, -0.2) is 42.2 Å². The van der Waals surface area contributed by atoms with Crippen LogP contribution in [0.3, 0.4) is 0 Å². The molecule has 35 heavy (non-hydrogen) atoms. The second-order valence-corrected chi connectivity index (χ2v) is 8.98. The SMILES string of the molecule is CC1(C(=O)NC2CC2)C(=O)Nc2nc(-c3cn4ccnc4c(Cc4ccccc4F)n3)nc(N)c21. The Hall–Kier alpha value is -4.41. The van der Waals surface area contributed by atoms with Crippen molar-refractivity contribution < 1.29 is 14.0 Å². The molecular weight excluding hydrogens is 451 g/mol. The van der Waals surface area contributed by atoms with Crippen LogP contribution in [-0.2, 0) is 21.4 Å². The van der Waals surface area contributed by atoms with E-state index in [0.29, 0.717) is 22.6 Å². The van der Waals surface area contributed by atoms with Crippen LogP contribution in [0.5, 0.6) is 0 Å². The highest BCUT2D eigenvalue weighted by Gasteiger charge is 2.52. The van der Waals surface area contributed by atoms with Crippen molar-refractivity contribution >= 4 is 29.1 Å². The van der Waals surface area contributed by atoms with Gasteiger partial charge in [0.15, 0.2) is 16.9 Å². The van der Waals surface area contributed by atoms with Gasteiger partial charge >= 0.3 is 0 Å². The van der Waals surface area contributed by atoms with E-state index in [1.165, 1.54) is 13.0 Å². The van der Waals surface area contributed by atoms with Gasteiger partial charge in [0.1, 0.15) is 23.1 Å². The highest BCUT2D eigenvalue weighted by atomic mass is 19.1. The molecule has 2 aliphatic rings. The molecule has 1 unspecified atom stereocenters. The molecule has 10 nitrogen and oxygen atoms in total. The van der Waals surface area contributed by atoms with E-state index in [-0.39, 0.29) is 41.3 Å². The first kappa shape index (κ1) is 21.1. The Balaban J connectivity index is 1.43. The molecule has 0 radical (unpaired) electrons. The number of nitrogens with zero attached hydrogens (tertiary/aromatic N) is 5. The molecule has 0 saturated heterocycles. The Bertz CT molecular complexity index is 1530. The summed E-state index contributed by atoms with van der Waals surface area (Å²) in [5.41, 5.74) is 6.94. The molecule has 1 aliphatic heterocycles. The zero-order chi connectivity index (χ0) is 24.3. The lowest BCUT2D eigenvalue weighted by molar-refractivity contribution is -0.133. The number of imidazole rings is 1. The van der Waals surface area contributed by atoms with Gasteiger partial charge in [0.2, 0.25) is 11.8 Å². The predicted octanol–water partition coefficient (Wildman–Crippen LogP) is 1.99. The van der Waals surface area contributed by atoms with Crippen molar-refractivity contribution in [1.29, 1.82) is 0 Å². The Labute approximate surface area is 198 Å². The third kappa shape index (κ3) is 3.38. The van der Waals surface area contributed by atoms with Crippen molar-refractivity contribution in [2.45, 2.75) is 37.6 Å². The van der Waals surface area contributed by atoms with Crippen LogP contribution < -0.4 is 16.4 Å². The summed E-state index contributed by atoms with van der Waals surface area (Å²) >= 11 is 0. The highest BCUT2D eigenvalue weighted by Crippen LogP contribution is 2.41. The minimum atomic E-state index is -1.53. The summed E-state index contributed by atoms with van der Waals surface area (Å²) in [6.07, 6.45) is 7.02. The molecule has 4 aromatic rings. The largest absolute Gasteiger partial charge is 0.383 e. The second kappa shape index (κ2) is 7.55. The third-order valence-electron chi connectivity index (χ3n) is 6.48. The van der Waals surface area contributed by atoms with E-state index in [9.17, 15) is 14.0 Å². The molecule has 0 bridgehead atoms. The number of rotatable bonds is 5. The van der Waals surface area contributed by atoms with Crippen molar-refractivity contribution in [1.82, 2.24) is 29.7 Å². The lowest BCUT2D eigenvalue weighted by Gasteiger charge is -2.21. The minimum absolute atomic E-state index is 0.0139. The number of carbonyl (C=O) groups excluding carboxylic acids is 2. The van der Waals surface area contributed by atoms with Crippen molar-refractivity contribution in [3.63, 3.8) is 0 Å². The van der Waals surface area contributed by atoms with E-state index in [1.807, 2.05) is 0 Å². The Morgan fingerprint density at radius 2 is 2.09 bits per heavy atom. The van der Waals surface area contributed by atoms with Gasteiger partial charge in [0.05, 0.1) is 11.3 Å². The number of nitrogen functional groups attached to an aromatic ring is 1. The number of halogens is 1. The van der Waals surface area contributed by atoms with Gasteiger partial charge in [-0.25, -0.2) is 24.3 Å². The second-order valence-electron chi connectivity index (χ2n) is 8.98. The number of aromatic nitrogens is 5. The van der Waals surface area contributed by atoms with Crippen molar-refractivity contribution in [2.24, 2.45) is 0 Å². The van der Waals surface area contributed by atoms with Gasteiger partial charge in [-0.3, -0.25) is 9.59 Å². The molecule has 4 heterocycles. The van der Waals surface area contributed by atoms with E-state index in [0.717, 1.165) is 12.8 Å². The van der Waals surface area contributed by atoms with E-state index >= 15 is 0 Å². The maximum absolute atomic E-state index is 14.3. The van der Waals surface area contributed by atoms with Gasteiger partial charge in [-0.05, 0) is 31.4 Å². The van der Waals surface area contributed by atoms with Gasteiger partial charge in [-0.1, -0.05) is 18.2 Å². The number of hydrogen-bond donors (Lipinski definition) is 3. The Morgan fingerprint density at radius 1 is 1.29 bits per heavy atom. The molecule has 1 saturated carbocycles. The average molecular weight is 472 g/mol. The number of amides is 2. The summed E-state index contributed by atoms with van der Waals surface area (Å²) in [6, 6.07) is 6.55. The number of hydrogen-bond acceptors (Lipinski definition) is 7. The van der Waals surface area contributed by atoms with E-state index < -0.39 is 17.2 Å². The van der Waals surface area contributed by atoms with E-state index in [4.69, 9.17) is 5.73 Å². The number of fused-ring (bicyclic) bond motifs is 2. The molecule has 0 spiro atoms. The van der Waals surface area contributed by atoms with Crippen LogP contribution >= 0.6 is 0 Å². The standard InChI is InChI=1S/C24H21FN8O2/c1-24(22(34)28-13-6-7-13)17-18(26)30-19(31-20(17)32-23(24)35)16-11-33-9-8-27-21(33)15(29-16)10-12-4-2-3-5-14(12)25/h2-5,8-9,11,13H,6-7,10H2,1H3,(H,28,34)(H3,26,30,31,32,35). The van der Waals surface area contributed by atoms with Crippen molar-refractivity contribution in [3.8, 4) is 11.5 Å². The molecule has 1 aromatic carbocycles. The highest BCUT2D eigenvalue weighted by molar-refractivity contribution is 6.21. The molecule has 4 N–H and O–H groups in total. The fourth-order valence-electron chi connectivity index (χ4n) is 4.34. The zero-order valence-corrected chi connectivity index (χ0v) is 18.7. The van der Waals surface area contributed by atoms with Gasteiger partial charge in [-0.2, -0.15) is 0 Å². The first-order valence-electron chi connectivity index (χ1n) is 11.2. The maximum atomic E-state index is 14.3. The summed E-state index contributed by atoms with van der Waals surface area (Å²) in [7, 11) is 0. The molecule has 11 heteroatoms. The van der Waals surface area contributed by atoms with Crippen molar-refractivity contribution in [2.75, 3.05) is 11.1 Å². The first-order valence-corrected chi connectivity index (χ1v) is 11.2. The van der Waals surface area contributed by atoms with Crippen LogP contribution in [0, 0.1) is 5.82 Å². The molecule has 1 atom stereocenters. The summed E-state index contributed by atoms with van der Waals surface area (Å²) in [4.78, 5) is 43.7. The number of anilines is 2. The average Bonchev–Trinajstić information content (AvgIpc) is 3.43. The number of nitrogens with one attached hydrogen (secondary N) is 2. The number of benzene rings is 1. The Morgan fingerprint density at radius 3 is 2.86 bits per heavy atom. The van der Waals surface area contributed by atoms with Gasteiger partial charge in [0, 0.05) is 31.1 Å². The smallest absolute Gasteiger partial charge is 0.245 e. The summed E-state index contributed by atoms with van der Waals surface area (Å²) in [5, 5.41) is 5.55. The predicted molar refractivity (Wildman–Crippen MR) is 125 cm³/mol. The first-order chi connectivity index (χ1) is 16.8. The normalized spacial score (nSPS) is 19.0. The summed E-state index contributed by atoms with van der Waals surface area (Å²) in [5.74, 6) is -0.923. The van der Waals surface area contributed by atoms with Crippen LogP contribution in [0.2, 0.25) is 0 Å². The van der Waals surface area contributed by atoms with Crippen molar-refractivity contribution in [3.05, 3.63) is 65.5 Å². The van der Waals surface area contributed by atoms with E-state index in [1.54, 1.807) is 41.2 Å². The van der Waals surface area contributed by atoms with Gasteiger partial charge in [-0.15, -0.1) is 0 Å². The molecule has 2 amide bonds. The lowest BCUT2D eigenvalue weighted by atomic mass is 9.83. The lowest BCUT2D eigenvalue weighted by Crippen LogP contribution is -2.48.